The maximum absolute atomic E-state index is 12.8. The molecular weight excluding hydrogens is 402 g/mol. The molecule has 4 rings (SSSR count). The summed E-state index contributed by atoms with van der Waals surface area (Å²) in [6.07, 6.45) is 1.06. The summed E-state index contributed by atoms with van der Waals surface area (Å²) < 4.78 is 4.33. The van der Waals surface area contributed by atoms with E-state index >= 15 is 0 Å². The van der Waals surface area contributed by atoms with E-state index in [1.807, 2.05) is 41.9 Å². The smallest absolute Gasteiger partial charge is 0.268 e. The maximum Gasteiger partial charge on any atom is 0.268 e. The summed E-state index contributed by atoms with van der Waals surface area (Å²) in [6, 6.07) is 18.2. The van der Waals surface area contributed by atoms with Crippen molar-refractivity contribution in [2.45, 2.75) is 31.3 Å². The minimum Gasteiger partial charge on any atom is -0.347 e. The van der Waals surface area contributed by atoms with Gasteiger partial charge in [0, 0.05) is 42.3 Å². The summed E-state index contributed by atoms with van der Waals surface area (Å²) >= 11 is 7.93. The van der Waals surface area contributed by atoms with Crippen LogP contribution in [0.25, 0.3) is 0 Å². The van der Waals surface area contributed by atoms with Gasteiger partial charge in [0.15, 0.2) is 0 Å². The number of halogens is 1. The minimum absolute atomic E-state index is 0.0913. The Morgan fingerprint density at radius 1 is 1.14 bits per heavy atom. The highest BCUT2D eigenvalue weighted by atomic mass is 35.5. The van der Waals surface area contributed by atoms with Crippen LogP contribution >= 0.6 is 23.5 Å². The Bertz CT molecular complexity index is 1050. The number of hydrogen-bond acceptors (Lipinski definition) is 3. The molecule has 0 spiro atoms. The van der Waals surface area contributed by atoms with Crippen LogP contribution in [0.2, 0.25) is 5.02 Å². The van der Waals surface area contributed by atoms with Crippen molar-refractivity contribution >= 4 is 29.5 Å². The predicted molar refractivity (Wildman–Crippen MR) is 119 cm³/mol. The van der Waals surface area contributed by atoms with E-state index in [4.69, 9.17) is 11.6 Å². The Labute approximate surface area is 181 Å². The lowest BCUT2D eigenvalue weighted by molar-refractivity contribution is 0.0942. The largest absolute Gasteiger partial charge is 0.347 e. The van der Waals surface area contributed by atoms with Gasteiger partial charge in [0.25, 0.3) is 5.91 Å². The number of rotatable bonds is 5. The molecule has 1 aliphatic rings. The summed E-state index contributed by atoms with van der Waals surface area (Å²) in [6.45, 7) is 4.40. The molecule has 0 unspecified atom stereocenters. The summed E-state index contributed by atoms with van der Waals surface area (Å²) in [5.74, 6) is -0.0913. The number of carbonyl (C=O) groups excluding carboxylic acids is 1. The van der Waals surface area contributed by atoms with Crippen LogP contribution in [0.3, 0.4) is 0 Å². The third kappa shape index (κ3) is 4.37. The molecule has 4 nitrogen and oxygen atoms in total. The number of fused-ring (bicyclic) bond motifs is 1. The molecule has 1 aliphatic heterocycles. The molecular formula is C23H24ClN3OS. The minimum atomic E-state index is -0.0913. The summed E-state index contributed by atoms with van der Waals surface area (Å²) in [7, 11) is 1.94. The first kappa shape index (κ1) is 20.1. The lowest BCUT2D eigenvalue weighted by atomic mass is 10.0. The average Bonchev–Trinajstić information content (AvgIpc) is 3.01. The Morgan fingerprint density at radius 3 is 2.66 bits per heavy atom. The van der Waals surface area contributed by atoms with Gasteiger partial charge in [-0.25, -0.2) is 4.31 Å². The van der Waals surface area contributed by atoms with Crippen LogP contribution < -0.4 is 5.32 Å². The fraction of sp³-hybridized carbons (Fsp3) is 0.261. The van der Waals surface area contributed by atoms with Gasteiger partial charge in [0.1, 0.15) is 5.69 Å². The molecule has 3 aromatic rings. The molecule has 0 radical (unpaired) electrons. The van der Waals surface area contributed by atoms with Crippen LogP contribution in [0.1, 0.15) is 32.9 Å². The van der Waals surface area contributed by atoms with Gasteiger partial charge >= 0.3 is 0 Å². The standard InChI is InChI=1S/C23H24ClN3OS/c1-16-22(29-27-12-11-17-7-3-4-9-19(17)15-27)13-21(26(16)2)23(28)25-14-18-8-5-6-10-20(18)24/h3-10,13H,11-12,14-15H2,1-2H3,(H,25,28). The number of aromatic nitrogens is 1. The number of nitrogens with one attached hydrogen (secondary N) is 1. The molecule has 0 atom stereocenters. The highest BCUT2D eigenvalue weighted by molar-refractivity contribution is 7.97. The summed E-state index contributed by atoms with van der Waals surface area (Å²) in [5, 5.41) is 3.65. The number of amides is 1. The molecule has 1 amide bonds. The summed E-state index contributed by atoms with van der Waals surface area (Å²) in [5.41, 5.74) is 5.49. The zero-order valence-electron chi connectivity index (χ0n) is 16.6. The van der Waals surface area contributed by atoms with Crippen molar-refractivity contribution in [1.29, 1.82) is 0 Å². The van der Waals surface area contributed by atoms with E-state index in [2.05, 4.69) is 40.8 Å². The van der Waals surface area contributed by atoms with Crippen molar-refractivity contribution in [3.05, 3.63) is 87.7 Å². The van der Waals surface area contributed by atoms with E-state index < -0.39 is 0 Å². The Hall–Kier alpha value is -2.21. The van der Waals surface area contributed by atoms with Crippen LogP contribution in [0, 0.1) is 6.92 Å². The molecule has 0 bridgehead atoms. The first-order valence-electron chi connectivity index (χ1n) is 9.70. The van der Waals surface area contributed by atoms with E-state index in [0.717, 1.165) is 35.7 Å². The normalized spacial score (nSPS) is 13.9. The van der Waals surface area contributed by atoms with Crippen molar-refractivity contribution in [2.24, 2.45) is 7.05 Å². The zero-order valence-corrected chi connectivity index (χ0v) is 18.2. The fourth-order valence-corrected chi connectivity index (χ4v) is 4.88. The van der Waals surface area contributed by atoms with Crippen molar-refractivity contribution in [3.8, 4) is 0 Å². The number of nitrogens with zero attached hydrogens (tertiary/aromatic N) is 2. The fourth-order valence-electron chi connectivity index (χ4n) is 3.58. The Balaban J connectivity index is 1.45. The molecule has 0 saturated carbocycles. The second-order valence-electron chi connectivity index (χ2n) is 7.29. The van der Waals surface area contributed by atoms with E-state index in [9.17, 15) is 4.79 Å². The van der Waals surface area contributed by atoms with Crippen LogP contribution in [0.4, 0.5) is 0 Å². The lowest BCUT2D eigenvalue weighted by Crippen LogP contribution is -2.25. The molecule has 1 aromatic heterocycles. The van der Waals surface area contributed by atoms with Crippen LogP contribution in [-0.2, 0) is 26.6 Å². The highest BCUT2D eigenvalue weighted by Crippen LogP contribution is 2.32. The zero-order chi connectivity index (χ0) is 20.4. The van der Waals surface area contributed by atoms with Gasteiger partial charge in [-0.2, -0.15) is 0 Å². The third-order valence-electron chi connectivity index (χ3n) is 5.44. The number of hydrogen-bond donors (Lipinski definition) is 1. The Morgan fingerprint density at radius 2 is 1.86 bits per heavy atom. The van der Waals surface area contributed by atoms with Gasteiger partial charge in [0.2, 0.25) is 0 Å². The van der Waals surface area contributed by atoms with Crippen molar-refractivity contribution in [1.82, 2.24) is 14.2 Å². The first-order chi connectivity index (χ1) is 14.0. The highest BCUT2D eigenvalue weighted by Gasteiger charge is 2.21. The SMILES string of the molecule is Cc1c(SN2CCc3ccccc3C2)cc(C(=O)NCc2ccccc2Cl)n1C. The monoisotopic (exact) mass is 425 g/mol. The van der Waals surface area contributed by atoms with Crippen molar-refractivity contribution in [3.63, 3.8) is 0 Å². The van der Waals surface area contributed by atoms with Crippen molar-refractivity contribution < 1.29 is 4.79 Å². The van der Waals surface area contributed by atoms with E-state index in [1.54, 1.807) is 11.9 Å². The second kappa shape index (κ2) is 8.66. The van der Waals surface area contributed by atoms with Gasteiger partial charge in [0.05, 0.1) is 0 Å². The van der Waals surface area contributed by atoms with Gasteiger partial charge < -0.3 is 9.88 Å². The Kier molecular flexibility index (Phi) is 5.99. The molecule has 0 aliphatic carbocycles. The first-order valence-corrected chi connectivity index (χ1v) is 10.9. The average molecular weight is 426 g/mol. The van der Waals surface area contributed by atoms with Crippen molar-refractivity contribution in [2.75, 3.05) is 6.54 Å². The third-order valence-corrected chi connectivity index (χ3v) is 6.99. The van der Waals surface area contributed by atoms with E-state index in [1.165, 1.54) is 11.1 Å². The molecule has 1 N–H and O–H groups in total. The molecule has 6 heteroatoms. The molecule has 2 aromatic carbocycles. The molecule has 2 heterocycles. The molecule has 0 fully saturated rings. The van der Waals surface area contributed by atoms with E-state index in [0.29, 0.717) is 17.3 Å². The lowest BCUT2D eigenvalue weighted by Gasteiger charge is -2.27. The van der Waals surface area contributed by atoms with Gasteiger partial charge in [-0.05, 0) is 54.1 Å². The molecule has 0 saturated heterocycles. The quantitative estimate of drug-likeness (QED) is 0.585. The maximum atomic E-state index is 12.8. The van der Waals surface area contributed by atoms with Crippen LogP contribution in [0.5, 0.6) is 0 Å². The summed E-state index contributed by atoms with van der Waals surface area (Å²) in [4.78, 5) is 13.9. The van der Waals surface area contributed by atoms with Gasteiger partial charge in [-0.1, -0.05) is 54.1 Å². The second-order valence-corrected chi connectivity index (χ2v) is 8.83. The molecule has 29 heavy (non-hydrogen) atoms. The van der Waals surface area contributed by atoms with Gasteiger partial charge in [-0.15, -0.1) is 0 Å². The predicted octanol–water partition coefficient (Wildman–Crippen LogP) is 4.98. The van der Waals surface area contributed by atoms with Gasteiger partial charge in [-0.3, -0.25) is 4.79 Å². The topological polar surface area (TPSA) is 37.3 Å². The number of benzene rings is 2. The number of carbonyl (C=O) groups is 1. The van der Waals surface area contributed by atoms with Crippen LogP contribution in [-0.4, -0.2) is 21.3 Å². The van der Waals surface area contributed by atoms with E-state index in [-0.39, 0.29) is 5.91 Å². The van der Waals surface area contributed by atoms with Crippen LogP contribution in [0.15, 0.2) is 59.5 Å². The molecule has 150 valence electrons.